The number of rotatable bonds is 1. The molecule has 0 unspecified atom stereocenters. The number of thiazole rings is 1. The number of aromatic nitrogens is 3. The summed E-state index contributed by atoms with van der Waals surface area (Å²) in [7, 11) is 0. The molecule has 6 nitrogen and oxygen atoms in total. The van der Waals surface area contributed by atoms with E-state index in [1.807, 2.05) is 47.2 Å². The van der Waals surface area contributed by atoms with Gasteiger partial charge in [0.15, 0.2) is 4.96 Å². The van der Waals surface area contributed by atoms with Crippen LogP contribution in [-0.4, -0.2) is 20.3 Å². The molecule has 7 heteroatoms. The van der Waals surface area contributed by atoms with Crippen LogP contribution in [0.1, 0.15) is 34.9 Å². The van der Waals surface area contributed by atoms with E-state index >= 15 is 0 Å². The van der Waals surface area contributed by atoms with Crippen molar-refractivity contribution < 1.29 is 4.79 Å². The number of aryl methyl sites for hydroxylation is 1. The summed E-state index contributed by atoms with van der Waals surface area (Å²) in [6.45, 7) is 2.39. The molecular weight excluding hydrogens is 348 g/mol. The Hall–Kier alpha value is -2.93. The molecule has 0 saturated carbocycles. The Labute approximate surface area is 152 Å². The van der Waals surface area contributed by atoms with Gasteiger partial charge in [0.25, 0.3) is 5.56 Å². The van der Waals surface area contributed by atoms with Gasteiger partial charge in [-0.15, -0.1) is 11.3 Å². The summed E-state index contributed by atoms with van der Waals surface area (Å²) in [5, 5.41) is 5.82. The first-order valence-electron chi connectivity index (χ1n) is 8.45. The Morgan fingerprint density at radius 2 is 2.15 bits per heavy atom. The van der Waals surface area contributed by atoms with E-state index in [-0.39, 0.29) is 23.8 Å². The van der Waals surface area contributed by atoms with Gasteiger partial charge in [-0.1, -0.05) is 12.1 Å². The number of aromatic amines is 1. The molecule has 0 saturated heterocycles. The maximum Gasteiger partial charge on any atom is 0.252 e. The van der Waals surface area contributed by atoms with Crippen molar-refractivity contribution in [1.82, 2.24) is 19.7 Å². The van der Waals surface area contributed by atoms with Gasteiger partial charge in [-0.3, -0.25) is 14.0 Å². The average molecular weight is 364 g/mol. The van der Waals surface area contributed by atoms with E-state index in [0.717, 1.165) is 32.8 Å². The quantitative estimate of drug-likeness (QED) is 0.545. The van der Waals surface area contributed by atoms with Crippen LogP contribution >= 0.6 is 11.3 Å². The molecule has 3 aromatic heterocycles. The Balaban J connectivity index is 1.77. The SMILES string of the molecule is Cc1ccc2cc([C@@H]3CC(=O)NCc4nc5sccn5c43)c(=O)[nH]c2c1. The molecule has 0 aliphatic carbocycles. The van der Waals surface area contributed by atoms with Crippen LogP contribution < -0.4 is 10.9 Å². The first-order valence-corrected chi connectivity index (χ1v) is 9.33. The Bertz CT molecular complexity index is 1230. The van der Waals surface area contributed by atoms with Crippen LogP contribution in [0.5, 0.6) is 0 Å². The average Bonchev–Trinajstić information content (AvgIpc) is 3.14. The topological polar surface area (TPSA) is 79.3 Å². The van der Waals surface area contributed by atoms with Crippen LogP contribution in [0, 0.1) is 6.92 Å². The van der Waals surface area contributed by atoms with Gasteiger partial charge in [-0.2, -0.15) is 0 Å². The number of fused-ring (bicyclic) bond motifs is 4. The van der Waals surface area contributed by atoms with E-state index in [1.165, 1.54) is 0 Å². The standard InChI is InChI=1S/C19H16N4O2S/c1-10-2-3-11-7-13(18(25)21-14(11)6-10)12-8-16(24)20-9-15-17(12)23-4-5-26-19(23)22-15/h2-7,12H,8-9H2,1H3,(H,20,24)(H,21,25)/t12-/m0/s1. The first-order chi connectivity index (χ1) is 12.6. The fraction of sp³-hybridized carbons (Fsp3) is 0.211. The van der Waals surface area contributed by atoms with Crippen molar-refractivity contribution in [2.24, 2.45) is 0 Å². The summed E-state index contributed by atoms with van der Waals surface area (Å²) in [6, 6.07) is 7.89. The highest BCUT2D eigenvalue weighted by atomic mass is 32.1. The Kier molecular flexibility index (Phi) is 3.27. The summed E-state index contributed by atoms with van der Waals surface area (Å²) < 4.78 is 2.00. The maximum absolute atomic E-state index is 12.9. The molecular formula is C19H16N4O2S. The van der Waals surface area contributed by atoms with Crippen molar-refractivity contribution in [3.05, 3.63) is 68.7 Å². The predicted molar refractivity (Wildman–Crippen MR) is 101 cm³/mol. The number of hydrogen-bond acceptors (Lipinski definition) is 4. The molecule has 130 valence electrons. The second kappa shape index (κ2) is 5.54. The van der Waals surface area contributed by atoms with Gasteiger partial charge in [0.05, 0.1) is 17.9 Å². The summed E-state index contributed by atoms with van der Waals surface area (Å²) >= 11 is 1.55. The molecule has 0 fully saturated rings. The minimum atomic E-state index is -0.327. The lowest BCUT2D eigenvalue weighted by molar-refractivity contribution is -0.121. The van der Waals surface area contributed by atoms with E-state index < -0.39 is 0 Å². The molecule has 0 radical (unpaired) electrons. The molecule has 0 bridgehead atoms. The number of benzene rings is 1. The fourth-order valence-electron chi connectivity index (χ4n) is 3.73. The number of carbonyl (C=O) groups is 1. The molecule has 1 aliphatic heterocycles. The van der Waals surface area contributed by atoms with E-state index in [4.69, 9.17) is 0 Å². The molecule has 4 heterocycles. The third-order valence-electron chi connectivity index (χ3n) is 4.95. The minimum Gasteiger partial charge on any atom is -0.350 e. The third kappa shape index (κ3) is 2.28. The molecule has 1 amide bonds. The molecule has 26 heavy (non-hydrogen) atoms. The number of imidazole rings is 1. The van der Waals surface area contributed by atoms with Gasteiger partial charge >= 0.3 is 0 Å². The minimum absolute atomic E-state index is 0.0691. The van der Waals surface area contributed by atoms with Crippen molar-refractivity contribution in [2.75, 3.05) is 0 Å². The normalized spacial score (nSPS) is 17.3. The zero-order valence-electron chi connectivity index (χ0n) is 14.1. The lowest BCUT2D eigenvalue weighted by atomic mass is 9.91. The summed E-state index contributed by atoms with van der Waals surface area (Å²) in [6.07, 6.45) is 2.18. The van der Waals surface area contributed by atoms with Crippen molar-refractivity contribution in [1.29, 1.82) is 0 Å². The van der Waals surface area contributed by atoms with E-state index in [0.29, 0.717) is 12.1 Å². The van der Waals surface area contributed by atoms with Gasteiger partial charge < -0.3 is 10.3 Å². The maximum atomic E-state index is 12.9. The Morgan fingerprint density at radius 3 is 3.04 bits per heavy atom. The van der Waals surface area contributed by atoms with E-state index in [9.17, 15) is 9.59 Å². The second-order valence-electron chi connectivity index (χ2n) is 6.68. The van der Waals surface area contributed by atoms with E-state index in [1.54, 1.807) is 11.3 Å². The van der Waals surface area contributed by atoms with Crippen LogP contribution in [0.2, 0.25) is 0 Å². The number of hydrogen-bond donors (Lipinski definition) is 2. The van der Waals surface area contributed by atoms with E-state index in [2.05, 4.69) is 15.3 Å². The zero-order valence-corrected chi connectivity index (χ0v) is 14.9. The summed E-state index contributed by atoms with van der Waals surface area (Å²) in [4.78, 5) is 33.6. The number of amides is 1. The number of pyridine rings is 1. The van der Waals surface area contributed by atoms with Crippen LogP contribution in [0.3, 0.4) is 0 Å². The molecule has 0 spiro atoms. The van der Waals surface area contributed by atoms with Crippen LogP contribution in [0.4, 0.5) is 0 Å². The van der Waals surface area contributed by atoms with Crippen LogP contribution in [0.15, 0.2) is 40.6 Å². The molecule has 1 aliphatic rings. The predicted octanol–water partition coefficient (Wildman–Crippen LogP) is 2.70. The van der Waals surface area contributed by atoms with Crippen molar-refractivity contribution in [3.8, 4) is 0 Å². The highest BCUT2D eigenvalue weighted by Gasteiger charge is 2.30. The smallest absolute Gasteiger partial charge is 0.252 e. The number of nitrogens with zero attached hydrogens (tertiary/aromatic N) is 2. The largest absolute Gasteiger partial charge is 0.350 e. The molecule has 4 aromatic rings. The summed E-state index contributed by atoms with van der Waals surface area (Å²) in [5.74, 6) is -0.396. The highest BCUT2D eigenvalue weighted by molar-refractivity contribution is 7.15. The summed E-state index contributed by atoms with van der Waals surface area (Å²) in [5.41, 5.74) is 4.11. The third-order valence-corrected chi connectivity index (χ3v) is 5.71. The molecule has 1 aromatic carbocycles. The van der Waals surface area contributed by atoms with Crippen LogP contribution in [-0.2, 0) is 11.3 Å². The highest BCUT2D eigenvalue weighted by Crippen LogP contribution is 2.33. The van der Waals surface area contributed by atoms with Crippen molar-refractivity contribution >= 4 is 33.1 Å². The second-order valence-corrected chi connectivity index (χ2v) is 7.55. The monoisotopic (exact) mass is 364 g/mol. The van der Waals surface area contributed by atoms with Crippen molar-refractivity contribution in [2.45, 2.75) is 25.8 Å². The number of H-pyrrole nitrogens is 1. The number of carbonyl (C=O) groups excluding carboxylic acids is 1. The first kappa shape index (κ1) is 15.3. The van der Waals surface area contributed by atoms with Gasteiger partial charge in [-0.25, -0.2) is 4.98 Å². The van der Waals surface area contributed by atoms with Gasteiger partial charge in [0.1, 0.15) is 0 Å². The van der Waals surface area contributed by atoms with Crippen molar-refractivity contribution in [3.63, 3.8) is 0 Å². The molecule has 2 N–H and O–H groups in total. The fourth-order valence-corrected chi connectivity index (χ4v) is 4.47. The lowest BCUT2D eigenvalue weighted by Gasteiger charge is -2.15. The van der Waals surface area contributed by atoms with Gasteiger partial charge in [0, 0.05) is 35.0 Å². The van der Waals surface area contributed by atoms with Crippen LogP contribution in [0.25, 0.3) is 15.9 Å². The lowest BCUT2D eigenvalue weighted by Crippen LogP contribution is -2.24. The van der Waals surface area contributed by atoms with Gasteiger partial charge in [0.2, 0.25) is 5.91 Å². The zero-order chi connectivity index (χ0) is 17.8. The number of nitrogens with one attached hydrogen (secondary N) is 2. The van der Waals surface area contributed by atoms with Gasteiger partial charge in [-0.05, 0) is 30.0 Å². The molecule has 5 rings (SSSR count). The Morgan fingerprint density at radius 1 is 1.27 bits per heavy atom. The molecule has 1 atom stereocenters.